The molecule has 9 heteroatoms. The van der Waals surface area contributed by atoms with E-state index in [0.717, 1.165) is 22.2 Å². The van der Waals surface area contributed by atoms with Gasteiger partial charge in [-0.3, -0.25) is 4.79 Å². The first-order valence-corrected chi connectivity index (χ1v) is 10.6. The molecule has 0 radical (unpaired) electrons. The zero-order valence-electron chi connectivity index (χ0n) is 16.0. The second kappa shape index (κ2) is 9.53. The number of carbonyl (C=O) groups is 1. The standard InChI is InChI=1S/C21H22F3N3O2S/c22-21(23,24)17(6-9-30-10-7-18(25)20(28)29)14-3-1-13(2-4-14)16-11-15-5-8-26-19(15)27-12-16/h1-5,8,11-12,17-18H,6-7,9-10,25H2,(H,26,27)(H,28,29). The summed E-state index contributed by atoms with van der Waals surface area (Å²) < 4.78 is 40.8. The summed E-state index contributed by atoms with van der Waals surface area (Å²) >= 11 is 1.29. The van der Waals surface area contributed by atoms with Crippen LogP contribution in [0.5, 0.6) is 0 Å². The molecule has 0 bridgehead atoms. The monoisotopic (exact) mass is 437 g/mol. The Morgan fingerprint density at radius 3 is 2.50 bits per heavy atom. The second-order valence-electron chi connectivity index (χ2n) is 6.99. The Morgan fingerprint density at radius 2 is 1.83 bits per heavy atom. The number of alkyl halides is 3. The summed E-state index contributed by atoms with van der Waals surface area (Å²) in [6.45, 7) is 0. The molecule has 0 aliphatic carbocycles. The number of nitrogens with two attached hydrogens (primary N) is 1. The summed E-state index contributed by atoms with van der Waals surface area (Å²) in [6.07, 6.45) is -0.734. The highest BCUT2D eigenvalue weighted by atomic mass is 32.2. The summed E-state index contributed by atoms with van der Waals surface area (Å²) in [5, 5.41) is 9.67. The molecule has 0 aliphatic heterocycles. The maximum Gasteiger partial charge on any atom is 0.395 e. The molecule has 2 unspecified atom stereocenters. The average Bonchev–Trinajstić information content (AvgIpc) is 3.17. The third-order valence-electron chi connectivity index (χ3n) is 4.88. The van der Waals surface area contributed by atoms with Gasteiger partial charge < -0.3 is 15.8 Å². The zero-order valence-corrected chi connectivity index (χ0v) is 16.8. The molecule has 5 nitrogen and oxygen atoms in total. The van der Waals surface area contributed by atoms with Gasteiger partial charge in [-0.05, 0) is 47.6 Å². The Hall–Kier alpha value is -2.52. The zero-order chi connectivity index (χ0) is 21.7. The van der Waals surface area contributed by atoms with Crippen LogP contribution in [0.4, 0.5) is 13.2 Å². The highest BCUT2D eigenvalue weighted by Gasteiger charge is 2.40. The number of hydrogen-bond acceptors (Lipinski definition) is 4. The van der Waals surface area contributed by atoms with Crippen LogP contribution in [0.15, 0.2) is 48.8 Å². The molecule has 0 saturated heterocycles. The molecule has 0 spiro atoms. The van der Waals surface area contributed by atoms with E-state index in [2.05, 4.69) is 9.97 Å². The number of aromatic nitrogens is 2. The highest BCUT2D eigenvalue weighted by molar-refractivity contribution is 7.99. The van der Waals surface area contributed by atoms with E-state index in [1.807, 2.05) is 12.1 Å². The number of halogens is 3. The van der Waals surface area contributed by atoms with E-state index in [-0.39, 0.29) is 24.2 Å². The number of H-pyrrole nitrogens is 1. The van der Waals surface area contributed by atoms with Gasteiger partial charge in [0.25, 0.3) is 0 Å². The predicted molar refractivity (Wildman–Crippen MR) is 112 cm³/mol. The third kappa shape index (κ3) is 5.54. The summed E-state index contributed by atoms with van der Waals surface area (Å²) in [5.74, 6) is -2.00. The smallest absolute Gasteiger partial charge is 0.395 e. The Morgan fingerprint density at radius 1 is 1.13 bits per heavy atom. The lowest BCUT2D eigenvalue weighted by molar-refractivity contribution is -0.150. The molecule has 2 atom stereocenters. The SMILES string of the molecule is NC(CCSCCC(c1ccc(-c2cnc3[nH]ccc3c2)cc1)C(F)(F)F)C(=O)O. The minimum atomic E-state index is -4.36. The molecule has 0 amide bonds. The Labute approximate surface area is 175 Å². The lowest BCUT2D eigenvalue weighted by Gasteiger charge is -2.21. The number of thioether (sulfide) groups is 1. The summed E-state index contributed by atoms with van der Waals surface area (Å²) in [7, 11) is 0. The fraction of sp³-hybridized carbons (Fsp3) is 0.333. The molecule has 0 aliphatic rings. The van der Waals surface area contributed by atoms with Crippen molar-refractivity contribution in [2.75, 3.05) is 11.5 Å². The van der Waals surface area contributed by atoms with Crippen molar-refractivity contribution in [2.45, 2.75) is 31.0 Å². The topological polar surface area (TPSA) is 92.0 Å². The van der Waals surface area contributed by atoms with Crippen LogP contribution in [-0.2, 0) is 4.79 Å². The molecule has 160 valence electrons. The van der Waals surface area contributed by atoms with Crippen molar-refractivity contribution in [2.24, 2.45) is 5.73 Å². The molecule has 30 heavy (non-hydrogen) atoms. The van der Waals surface area contributed by atoms with Gasteiger partial charge in [0, 0.05) is 23.3 Å². The number of rotatable bonds is 9. The number of carboxylic acid groups (broad SMARTS) is 1. The summed E-state index contributed by atoms with van der Waals surface area (Å²) in [6, 6.07) is 9.24. The van der Waals surface area contributed by atoms with Crippen molar-refractivity contribution in [1.82, 2.24) is 9.97 Å². The fourth-order valence-corrected chi connectivity index (χ4v) is 4.19. The molecule has 0 saturated carbocycles. The number of carboxylic acids is 1. The molecule has 2 heterocycles. The fourth-order valence-electron chi connectivity index (χ4n) is 3.16. The molecule has 3 rings (SSSR count). The first-order valence-electron chi connectivity index (χ1n) is 9.42. The van der Waals surface area contributed by atoms with Crippen LogP contribution in [0.25, 0.3) is 22.2 Å². The molecule has 0 fully saturated rings. The van der Waals surface area contributed by atoms with Gasteiger partial charge in [-0.1, -0.05) is 24.3 Å². The van der Waals surface area contributed by atoms with Gasteiger partial charge in [0.05, 0.1) is 5.92 Å². The summed E-state index contributed by atoms with van der Waals surface area (Å²) in [4.78, 5) is 18.0. The summed E-state index contributed by atoms with van der Waals surface area (Å²) in [5.41, 5.74) is 8.01. The number of pyridine rings is 1. The maximum atomic E-state index is 13.6. The molecule has 4 N–H and O–H groups in total. The number of benzene rings is 1. The van der Waals surface area contributed by atoms with Crippen molar-refractivity contribution in [3.63, 3.8) is 0 Å². The van der Waals surface area contributed by atoms with Crippen LogP contribution in [-0.4, -0.2) is 44.8 Å². The van der Waals surface area contributed by atoms with Gasteiger partial charge in [0.2, 0.25) is 0 Å². The Kier molecular flexibility index (Phi) is 7.04. The van der Waals surface area contributed by atoms with Gasteiger partial charge in [0.1, 0.15) is 11.7 Å². The number of nitrogens with zero attached hydrogens (tertiary/aromatic N) is 1. The Bertz CT molecular complexity index is 989. The number of hydrogen-bond donors (Lipinski definition) is 3. The van der Waals surface area contributed by atoms with Gasteiger partial charge in [-0.15, -0.1) is 0 Å². The van der Waals surface area contributed by atoms with Crippen molar-refractivity contribution < 1.29 is 23.1 Å². The van der Waals surface area contributed by atoms with Crippen LogP contribution >= 0.6 is 11.8 Å². The van der Waals surface area contributed by atoms with Gasteiger partial charge in [-0.2, -0.15) is 24.9 Å². The number of aromatic amines is 1. The highest BCUT2D eigenvalue weighted by Crippen LogP contribution is 2.39. The van der Waals surface area contributed by atoms with Crippen molar-refractivity contribution in [3.8, 4) is 11.1 Å². The van der Waals surface area contributed by atoms with E-state index in [4.69, 9.17) is 10.8 Å². The van der Waals surface area contributed by atoms with Crippen molar-refractivity contribution in [1.29, 1.82) is 0 Å². The first-order chi connectivity index (χ1) is 14.3. The molecule has 3 aromatic rings. The van der Waals surface area contributed by atoms with Crippen LogP contribution in [0.1, 0.15) is 24.3 Å². The van der Waals surface area contributed by atoms with Crippen LogP contribution < -0.4 is 5.73 Å². The Balaban J connectivity index is 1.65. The normalized spacial score (nSPS) is 14.0. The minimum Gasteiger partial charge on any atom is -0.480 e. The van der Waals surface area contributed by atoms with E-state index in [0.29, 0.717) is 5.75 Å². The number of nitrogens with one attached hydrogen (secondary N) is 1. The van der Waals surface area contributed by atoms with Gasteiger partial charge in [0.15, 0.2) is 0 Å². The van der Waals surface area contributed by atoms with E-state index in [9.17, 15) is 18.0 Å². The van der Waals surface area contributed by atoms with Crippen molar-refractivity contribution in [3.05, 3.63) is 54.4 Å². The second-order valence-corrected chi connectivity index (χ2v) is 8.21. The van der Waals surface area contributed by atoms with E-state index in [1.54, 1.807) is 24.5 Å². The molecule has 2 aromatic heterocycles. The molecular formula is C21H22F3N3O2S. The minimum absolute atomic E-state index is 0.0767. The van der Waals surface area contributed by atoms with Crippen molar-refractivity contribution >= 4 is 28.8 Å². The number of fused-ring (bicyclic) bond motifs is 1. The maximum absolute atomic E-state index is 13.6. The average molecular weight is 437 g/mol. The molecule has 1 aromatic carbocycles. The van der Waals surface area contributed by atoms with E-state index >= 15 is 0 Å². The van der Waals surface area contributed by atoms with Crippen LogP contribution in [0.3, 0.4) is 0 Å². The van der Waals surface area contributed by atoms with Crippen LogP contribution in [0, 0.1) is 0 Å². The lowest BCUT2D eigenvalue weighted by atomic mass is 9.94. The van der Waals surface area contributed by atoms with Gasteiger partial charge in [-0.25, -0.2) is 4.98 Å². The van der Waals surface area contributed by atoms with E-state index in [1.165, 1.54) is 23.9 Å². The quantitative estimate of drug-likeness (QED) is 0.418. The third-order valence-corrected chi connectivity index (χ3v) is 5.93. The molecular weight excluding hydrogens is 415 g/mol. The van der Waals surface area contributed by atoms with Gasteiger partial charge >= 0.3 is 12.1 Å². The largest absolute Gasteiger partial charge is 0.480 e. The van der Waals surface area contributed by atoms with E-state index < -0.39 is 24.1 Å². The van der Waals surface area contributed by atoms with Crippen LogP contribution in [0.2, 0.25) is 0 Å². The first kappa shape index (κ1) is 22.2. The predicted octanol–water partition coefficient (Wildman–Crippen LogP) is 4.80. The number of aliphatic carboxylic acids is 1. The lowest BCUT2D eigenvalue weighted by Crippen LogP contribution is -2.30.